The van der Waals surface area contributed by atoms with Gasteiger partial charge in [0.15, 0.2) is 0 Å². The number of ether oxygens (including phenoxy) is 1. The first-order valence-electron chi connectivity index (χ1n) is 7.84. The third-order valence-corrected chi connectivity index (χ3v) is 4.31. The third-order valence-electron chi connectivity index (χ3n) is 4.31. The van der Waals surface area contributed by atoms with E-state index in [9.17, 15) is 4.79 Å². The number of amides is 1. The SMILES string of the molecule is CCOc1ccc(C(=O)NC2(c3ccccc3)CCC2)cc1. The summed E-state index contributed by atoms with van der Waals surface area (Å²) in [6, 6.07) is 17.6. The van der Waals surface area contributed by atoms with E-state index in [4.69, 9.17) is 4.74 Å². The van der Waals surface area contributed by atoms with Crippen molar-refractivity contribution >= 4 is 5.91 Å². The molecule has 0 radical (unpaired) electrons. The van der Waals surface area contributed by atoms with Crippen LogP contribution in [-0.2, 0) is 5.54 Å². The fourth-order valence-electron chi connectivity index (χ4n) is 2.93. The van der Waals surface area contributed by atoms with Crippen LogP contribution in [-0.4, -0.2) is 12.5 Å². The average Bonchev–Trinajstić information content (AvgIpc) is 2.52. The van der Waals surface area contributed by atoms with Gasteiger partial charge in [-0.2, -0.15) is 0 Å². The number of hydrogen-bond acceptors (Lipinski definition) is 2. The van der Waals surface area contributed by atoms with E-state index in [1.54, 1.807) is 0 Å². The minimum absolute atomic E-state index is 0.0217. The van der Waals surface area contributed by atoms with E-state index in [2.05, 4.69) is 17.4 Å². The molecule has 0 aromatic heterocycles. The number of carbonyl (C=O) groups excluding carboxylic acids is 1. The molecule has 3 heteroatoms. The van der Waals surface area contributed by atoms with Gasteiger partial charge in [-0.05, 0) is 56.0 Å². The van der Waals surface area contributed by atoms with Crippen LogP contribution in [0.1, 0.15) is 42.1 Å². The first-order valence-corrected chi connectivity index (χ1v) is 7.84. The van der Waals surface area contributed by atoms with E-state index in [-0.39, 0.29) is 11.4 Å². The largest absolute Gasteiger partial charge is 0.494 e. The molecule has 1 aliphatic rings. The zero-order valence-corrected chi connectivity index (χ0v) is 12.8. The van der Waals surface area contributed by atoms with Crippen molar-refractivity contribution in [3.8, 4) is 5.75 Å². The maximum absolute atomic E-state index is 12.5. The van der Waals surface area contributed by atoms with E-state index in [1.165, 1.54) is 5.56 Å². The van der Waals surface area contributed by atoms with Gasteiger partial charge in [-0.25, -0.2) is 0 Å². The normalized spacial score (nSPS) is 15.7. The first kappa shape index (κ1) is 14.6. The van der Waals surface area contributed by atoms with Crippen molar-refractivity contribution in [2.24, 2.45) is 0 Å². The lowest BCUT2D eigenvalue weighted by molar-refractivity contribution is 0.0823. The second-order valence-electron chi connectivity index (χ2n) is 5.71. The van der Waals surface area contributed by atoms with Gasteiger partial charge in [0.25, 0.3) is 5.91 Å². The van der Waals surface area contributed by atoms with Gasteiger partial charge in [0.05, 0.1) is 12.1 Å². The van der Waals surface area contributed by atoms with E-state index in [0.717, 1.165) is 25.0 Å². The second kappa shape index (κ2) is 6.22. The van der Waals surface area contributed by atoms with Crippen molar-refractivity contribution in [2.75, 3.05) is 6.61 Å². The van der Waals surface area contributed by atoms with Crippen LogP contribution in [0.15, 0.2) is 54.6 Å². The summed E-state index contributed by atoms with van der Waals surface area (Å²) in [4.78, 5) is 12.5. The Bertz CT molecular complexity index is 630. The number of rotatable bonds is 5. The quantitative estimate of drug-likeness (QED) is 0.908. The summed E-state index contributed by atoms with van der Waals surface area (Å²) in [5.74, 6) is 0.770. The number of benzene rings is 2. The van der Waals surface area contributed by atoms with Crippen molar-refractivity contribution in [2.45, 2.75) is 31.7 Å². The second-order valence-corrected chi connectivity index (χ2v) is 5.71. The van der Waals surface area contributed by atoms with E-state index in [1.807, 2.05) is 49.4 Å². The molecule has 2 aromatic rings. The topological polar surface area (TPSA) is 38.3 Å². The minimum Gasteiger partial charge on any atom is -0.494 e. The van der Waals surface area contributed by atoms with Crippen LogP contribution < -0.4 is 10.1 Å². The van der Waals surface area contributed by atoms with Crippen molar-refractivity contribution in [1.29, 1.82) is 0 Å². The van der Waals surface area contributed by atoms with Crippen LogP contribution in [0.3, 0.4) is 0 Å². The van der Waals surface area contributed by atoms with Gasteiger partial charge in [-0.3, -0.25) is 4.79 Å². The molecule has 0 saturated heterocycles. The van der Waals surface area contributed by atoms with Crippen LogP contribution in [0.4, 0.5) is 0 Å². The van der Waals surface area contributed by atoms with Gasteiger partial charge in [-0.1, -0.05) is 30.3 Å². The summed E-state index contributed by atoms with van der Waals surface area (Å²) in [7, 11) is 0. The Labute approximate surface area is 131 Å². The highest BCUT2D eigenvalue weighted by Crippen LogP contribution is 2.41. The summed E-state index contributed by atoms with van der Waals surface area (Å²) < 4.78 is 5.41. The van der Waals surface area contributed by atoms with E-state index >= 15 is 0 Å². The number of carbonyl (C=O) groups is 1. The number of hydrogen-bond donors (Lipinski definition) is 1. The molecule has 3 rings (SSSR count). The Hall–Kier alpha value is -2.29. The summed E-state index contributed by atoms with van der Waals surface area (Å²) >= 11 is 0. The van der Waals surface area contributed by atoms with Gasteiger partial charge < -0.3 is 10.1 Å². The van der Waals surface area contributed by atoms with Gasteiger partial charge in [0.1, 0.15) is 5.75 Å². The van der Waals surface area contributed by atoms with Crippen molar-refractivity contribution in [3.05, 3.63) is 65.7 Å². The highest BCUT2D eigenvalue weighted by atomic mass is 16.5. The molecule has 0 heterocycles. The summed E-state index contributed by atoms with van der Waals surface area (Å²) in [6.07, 6.45) is 3.15. The molecule has 0 aliphatic heterocycles. The van der Waals surface area contributed by atoms with Crippen LogP contribution in [0, 0.1) is 0 Å². The molecule has 1 aliphatic carbocycles. The van der Waals surface area contributed by atoms with Gasteiger partial charge >= 0.3 is 0 Å². The molecule has 1 fully saturated rings. The fourth-order valence-corrected chi connectivity index (χ4v) is 2.93. The highest BCUT2D eigenvalue weighted by molar-refractivity contribution is 5.95. The zero-order chi connectivity index (χ0) is 15.4. The molecular weight excluding hydrogens is 274 g/mol. The van der Waals surface area contributed by atoms with Gasteiger partial charge in [0, 0.05) is 5.56 Å². The molecule has 114 valence electrons. The lowest BCUT2D eigenvalue weighted by atomic mass is 9.71. The predicted octanol–water partition coefficient (Wildman–Crippen LogP) is 3.89. The fraction of sp³-hybridized carbons (Fsp3) is 0.316. The smallest absolute Gasteiger partial charge is 0.251 e. The molecule has 0 bridgehead atoms. The standard InChI is InChI=1S/C19H21NO2/c1-2-22-17-11-9-15(10-12-17)18(21)20-19(13-6-14-19)16-7-4-3-5-8-16/h3-5,7-12H,2,6,13-14H2,1H3,(H,20,21). The molecule has 22 heavy (non-hydrogen) atoms. The van der Waals surface area contributed by atoms with Gasteiger partial charge in [0.2, 0.25) is 0 Å². The predicted molar refractivity (Wildman–Crippen MR) is 87.0 cm³/mol. The molecule has 1 N–H and O–H groups in total. The molecule has 1 amide bonds. The van der Waals surface area contributed by atoms with E-state index < -0.39 is 0 Å². The Morgan fingerprint density at radius 1 is 1.09 bits per heavy atom. The summed E-state index contributed by atoms with van der Waals surface area (Å²) in [5, 5.41) is 3.23. The summed E-state index contributed by atoms with van der Waals surface area (Å²) in [6.45, 7) is 2.57. The van der Waals surface area contributed by atoms with Crippen LogP contribution in [0.25, 0.3) is 0 Å². The van der Waals surface area contributed by atoms with E-state index in [0.29, 0.717) is 12.2 Å². The lowest BCUT2D eigenvalue weighted by Gasteiger charge is -2.43. The molecule has 0 spiro atoms. The Kier molecular flexibility index (Phi) is 4.14. The van der Waals surface area contributed by atoms with Crippen LogP contribution in [0.2, 0.25) is 0 Å². The molecule has 3 nitrogen and oxygen atoms in total. The maximum atomic E-state index is 12.5. The number of nitrogens with one attached hydrogen (secondary N) is 1. The molecule has 0 unspecified atom stereocenters. The Balaban J connectivity index is 1.75. The van der Waals surface area contributed by atoms with Crippen molar-refractivity contribution < 1.29 is 9.53 Å². The summed E-state index contributed by atoms with van der Waals surface area (Å²) in [5.41, 5.74) is 1.67. The monoisotopic (exact) mass is 295 g/mol. The van der Waals surface area contributed by atoms with Crippen molar-refractivity contribution in [1.82, 2.24) is 5.32 Å². The maximum Gasteiger partial charge on any atom is 0.251 e. The van der Waals surface area contributed by atoms with Crippen LogP contribution in [0.5, 0.6) is 5.75 Å². The molecule has 2 aromatic carbocycles. The third kappa shape index (κ3) is 2.84. The van der Waals surface area contributed by atoms with Crippen molar-refractivity contribution in [3.63, 3.8) is 0 Å². The van der Waals surface area contributed by atoms with Crippen LogP contribution >= 0.6 is 0 Å². The molecular formula is C19H21NO2. The first-order chi connectivity index (χ1) is 10.7. The molecule has 0 atom stereocenters. The Morgan fingerprint density at radius 2 is 1.77 bits per heavy atom. The highest BCUT2D eigenvalue weighted by Gasteiger charge is 2.39. The molecule has 1 saturated carbocycles. The average molecular weight is 295 g/mol. The zero-order valence-electron chi connectivity index (χ0n) is 12.8. The minimum atomic E-state index is -0.197. The van der Waals surface area contributed by atoms with Gasteiger partial charge in [-0.15, -0.1) is 0 Å². The lowest BCUT2D eigenvalue weighted by Crippen LogP contribution is -2.50. The Morgan fingerprint density at radius 3 is 2.32 bits per heavy atom.